The van der Waals surface area contributed by atoms with Crippen LogP contribution in [0.5, 0.6) is 0 Å². The Balaban J connectivity index is 1.64. The Morgan fingerprint density at radius 2 is 2.04 bits per heavy atom. The summed E-state index contributed by atoms with van der Waals surface area (Å²) in [6.45, 7) is 2.94. The second kappa shape index (κ2) is 6.63. The van der Waals surface area contributed by atoms with Gasteiger partial charge in [-0.1, -0.05) is 6.07 Å². The van der Waals surface area contributed by atoms with Gasteiger partial charge in [-0.05, 0) is 30.5 Å². The minimum atomic E-state index is -2.96. The van der Waals surface area contributed by atoms with Gasteiger partial charge in [0.2, 0.25) is 0 Å². The zero-order chi connectivity index (χ0) is 18.3. The van der Waals surface area contributed by atoms with E-state index in [4.69, 9.17) is 0 Å². The summed E-state index contributed by atoms with van der Waals surface area (Å²) in [6.07, 6.45) is 4.07. The van der Waals surface area contributed by atoms with Crippen LogP contribution >= 0.6 is 0 Å². The number of fused-ring (bicyclic) bond motifs is 4. The molecule has 4 rings (SSSR count). The number of piperidine rings is 1. The molecule has 0 amide bonds. The minimum Gasteiger partial charge on any atom is -0.312 e. The number of hydrogen-bond donors (Lipinski definition) is 0. The number of rotatable bonds is 4. The summed E-state index contributed by atoms with van der Waals surface area (Å²) >= 11 is 0. The van der Waals surface area contributed by atoms with Crippen LogP contribution in [-0.2, 0) is 16.4 Å². The highest BCUT2D eigenvalue weighted by molar-refractivity contribution is 7.90. The van der Waals surface area contributed by atoms with Crippen molar-refractivity contribution in [3.05, 3.63) is 52.6 Å². The fourth-order valence-corrected chi connectivity index (χ4v) is 4.81. The molecule has 138 valence electrons. The van der Waals surface area contributed by atoms with E-state index in [9.17, 15) is 13.2 Å². The molecule has 0 saturated carbocycles. The Bertz CT molecular complexity index is 969. The number of sulfone groups is 1. The maximum absolute atomic E-state index is 12.7. The molecule has 6 nitrogen and oxygen atoms in total. The zero-order valence-electron chi connectivity index (χ0n) is 14.8. The summed E-state index contributed by atoms with van der Waals surface area (Å²) in [5, 5.41) is 0. The van der Waals surface area contributed by atoms with Crippen LogP contribution in [0, 0.1) is 5.92 Å². The van der Waals surface area contributed by atoms with E-state index in [1.165, 1.54) is 6.26 Å². The van der Waals surface area contributed by atoms with E-state index in [-0.39, 0.29) is 17.2 Å². The van der Waals surface area contributed by atoms with Gasteiger partial charge in [0.05, 0.1) is 11.4 Å². The molecule has 1 fully saturated rings. The molecule has 7 heteroatoms. The van der Waals surface area contributed by atoms with Crippen LogP contribution in [0.25, 0.3) is 11.3 Å². The summed E-state index contributed by atoms with van der Waals surface area (Å²) < 4.78 is 24.9. The maximum atomic E-state index is 12.7. The smallest absolute Gasteiger partial charge is 0.251 e. The van der Waals surface area contributed by atoms with Gasteiger partial charge in [-0.15, -0.1) is 0 Å². The number of aromatic nitrogens is 2. The van der Waals surface area contributed by atoms with Gasteiger partial charge in [0.25, 0.3) is 5.56 Å². The molecular formula is C19H23N3O3S. The fraction of sp³-hybridized carbons (Fsp3) is 0.474. The first-order valence-corrected chi connectivity index (χ1v) is 11.0. The Hall–Kier alpha value is -1.99. The lowest BCUT2D eigenvalue weighted by molar-refractivity contribution is 0.126. The second-order valence-corrected chi connectivity index (χ2v) is 9.78. The van der Waals surface area contributed by atoms with E-state index < -0.39 is 9.84 Å². The number of hydrogen-bond acceptors (Lipinski definition) is 5. The first-order chi connectivity index (χ1) is 12.4. The molecule has 0 radical (unpaired) electrons. The summed E-state index contributed by atoms with van der Waals surface area (Å²) in [4.78, 5) is 19.3. The molecule has 1 saturated heterocycles. The normalized spacial score (nSPS) is 22.8. The van der Waals surface area contributed by atoms with Crippen molar-refractivity contribution >= 4 is 9.84 Å². The molecule has 2 bridgehead atoms. The molecule has 0 spiro atoms. The SMILES string of the molecule is CS(=O)(=O)CCN1C[C@@H]2C[C@H](C1)c1cc(-c3ccccn3)cc(=O)n1C2. The van der Waals surface area contributed by atoms with Crippen molar-refractivity contribution < 1.29 is 8.42 Å². The van der Waals surface area contributed by atoms with Crippen LogP contribution in [-0.4, -0.2) is 54.5 Å². The van der Waals surface area contributed by atoms with Gasteiger partial charge in [-0.2, -0.15) is 0 Å². The van der Waals surface area contributed by atoms with Gasteiger partial charge in [-0.3, -0.25) is 9.78 Å². The lowest BCUT2D eigenvalue weighted by atomic mass is 9.82. The summed E-state index contributed by atoms with van der Waals surface area (Å²) in [7, 11) is -2.96. The van der Waals surface area contributed by atoms with E-state index in [1.54, 1.807) is 12.3 Å². The van der Waals surface area contributed by atoms with Gasteiger partial charge in [0.15, 0.2) is 0 Å². The van der Waals surface area contributed by atoms with Crippen LogP contribution in [0.4, 0.5) is 0 Å². The van der Waals surface area contributed by atoms with Crippen LogP contribution in [0.3, 0.4) is 0 Å². The summed E-state index contributed by atoms with van der Waals surface area (Å²) in [5.41, 5.74) is 2.74. The first kappa shape index (κ1) is 17.4. The van der Waals surface area contributed by atoms with E-state index in [1.807, 2.05) is 22.8 Å². The van der Waals surface area contributed by atoms with Crippen molar-refractivity contribution in [1.82, 2.24) is 14.5 Å². The Labute approximate surface area is 153 Å². The molecule has 2 atom stereocenters. The zero-order valence-corrected chi connectivity index (χ0v) is 15.7. The van der Waals surface area contributed by atoms with Crippen molar-refractivity contribution in [2.45, 2.75) is 18.9 Å². The Kier molecular flexibility index (Phi) is 4.44. The monoisotopic (exact) mass is 373 g/mol. The molecule has 0 N–H and O–H groups in total. The topological polar surface area (TPSA) is 72.3 Å². The number of likely N-dealkylation sites (tertiary alicyclic amines) is 1. The molecule has 2 aromatic rings. The van der Waals surface area contributed by atoms with E-state index in [0.29, 0.717) is 19.0 Å². The largest absolute Gasteiger partial charge is 0.312 e. The lowest BCUT2D eigenvalue weighted by Crippen LogP contribution is -2.48. The molecule has 0 aliphatic carbocycles. The third kappa shape index (κ3) is 3.59. The average Bonchev–Trinajstić information content (AvgIpc) is 2.61. The predicted molar refractivity (Wildman–Crippen MR) is 101 cm³/mol. The second-order valence-electron chi connectivity index (χ2n) is 7.52. The Morgan fingerprint density at radius 3 is 2.77 bits per heavy atom. The lowest BCUT2D eigenvalue weighted by Gasteiger charge is -2.42. The van der Waals surface area contributed by atoms with E-state index in [0.717, 1.165) is 36.5 Å². The first-order valence-electron chi connectivity index (χ1n) is 8.95. The van der Waals surface area contributed by atoms with Crippen LogP contribution in [0.1, 0.15) is 18.0 Å². The number of pyridine rings is 2. The molecule has 0 unspecified atom stereocenters. The highest BCUT2D eigenvalue weighted by Gasteiger charge is 2.35. The minimum absolute atomic E-state index is 0.0300. The Morgan fingerprint density at radius 1 is 1.19 bits per heavy atom. The van der Waals surface area contributed by atoms with E-state index in [2.05, 4.69) is 16.0 Å². The third-order valence-electron chi connectivity index (χ3n) is 5.37. The van der Waals surface area contributed by atoms with E-state index >= 15 is 0 Å². The molecule has 26 heavy (non-hydrogen) atoms. The maximum Gasteiger partial charge on any atom is 0.251 e. The molecule has 2 aromatic heterocycles. The van der Waals surface area contributed by atoms with Crippen molar-refractivity contribution in [2.75, 3.05) is 31.6 Å². The molecular weight excluding hydrogens is 350 g/mol. The van der Waals surface area contributed by atoms with Crippen molar-refractivity contribution in [2.24, 2.45) is 5.92 Å². The average molecular weight is 373 g/mol. The highest BCUT2D eigenvalue weighted by atomic mass is 32.2. The quantitative estimate of drug-likeness (QED) is 0.810. The van der Waals surface area contributed by atoms with Crippen molar-refractivity contribution in [3.8, 4) is 11.3 Å². The molecule has 2 aliphatic heterocycles. The molecule has 2 aliphatic rings. The fourth-order valence-electron chi connectivity index (χ4n) is 4.22. The summed E-state index contributed by atoms with van der Waals surface area (Å²) in [5.74, 6) is 0.852. The van der Waals surface area contributed by atoms with Gasteiger partial charge in [-0.25, -0.2) is 8.42 Å². The van der Waals surface area contributed by atoms with Crippen molar-refractivity contribution in [1.29, 1.82) is 0 Å². The third-order valence-corrected chi connectivity index (χ3v) is 6.30. The standard InChI is InChI=1S/C19H23N3O3S/c1-26(24,25)7-6-21-11-14-8-16(13-21)18-9-15(10-19(23)22(18)12-14)17-4-2-3-5-20-17/h2-5,9-10,14,16H,6-8,11-13H2,1H3/t14-,16+/m0/s1. The van der Waals surface area contributed by atoms with Gasteiger partial charge in [0.1, 0.15) is 9.84 Å². The molecule has 0 aromatic carbocycles. The van der Waals surface area contributed by atoms with Crippen molar-refractivity contribution in [3.63, 3.8) is 0 Å². The van der Waals surface area contributed by atoms with Gasteiger partial charge in [0, 0.05) is 61.9 Å². The summed E-state index contributed by atoms with van der Waals surface area (Å²) in [6, 6.07) is 9.46. The number of nitrogens with zero attached hydrogens (tertiary/aromatic N) is 3. The van der Waals surface area contributed by atoms with Gasteiger partial charge >= 0.3 is 0 Å². The predicted octanol–water partition coefficient (Wildman–Crippen LogP) is 1.37. The molecule has 4 heterocycles. The van der Waals surface area contributed by atoms with Crippen LogP contribution < -0.4 is 5.56 Å². The highest BCUT2D eigenvalue weighted by Crippen LogP contribution is 2.36. The van der Waals surface area contributed by atoms with Gasteiger partial charge < -0.3 is 9.47 Å². The van der Waals surface area contributed by atoms with Crippen LogP contribution in [0.2, 0.25) is 0 Å². The van der Waals surface area contributed by atoms with Crippen LogP contribution in [0.15, 0.2) is 41.3 Å².